The number of nitrogens with zero attached hydrogens (tertiary/aromatic N) is 1. The summed E-state index contributed by atoms with van der Waals surface area (Å²) in [5, 5.41) is 11.7. The first-order valence-corrected chi connectivity index (χ1v) is 10.2. The molecule has 0 unspecified atom stereocenters. The van der Waals surface area contributed by atoms with Crippen LogP contribution in [-0.4, -0.2) is 24.0 Å². The van der Waals surface area contributed by atoms with Gasteiger partial charge in [0.05, 0.1) is 11.6 Å². The average molecular weight is 428 g/mol. The van der Waals surface area contributed by atoms with E-state index in [0.717, 1.165) is 11.1 Å². The van der Waals surface area contributed by atoms with Crippen molar-refractivity contribution in [2.75, 3.05) is 6.61 Å². The maximum Gasteiger partial charge on any atom is 0.408 e. The monoisotopic (exact) mass is 428 g/mol. The highest BCUT2D eigenvalue weighted by atomic mass is 16.5. The molecular formula is C26H24N2O4. The van der Waals surface area contributed by atoms with E-state index in [0.29, 0.717) is 11.3 Å². The Morgan fingerprint density at radius 2 is 1.50 bits per heavy atom. The molecule has 0 aliphatic rings. The van der Waals surface area contributed by atoms with Crippen molar-refractivity contribution in [1.29, 1.82) is 5.26 Å². The van der Waals surface area contributed by atoms with Crippen LogP contribution < -0.4 is 10.1 Å². The van der Waals surface area contributed by atoms with Gasteiger partial charge in [-0.1, -0.05) is 60.7 Å². The third-order valence-electron chi connectivity index (χ3n) is 5.05. The van der Waals surface area contributed by atoms with Gasteiger partial charge >= 0.3 is 6.09 Å². The smallest absolute Gasteiger partial charge is 0.408 e. The zero-order valence-corrected chi connectivity index (χ0v) is 17.8. The molecule has 0 bridgehead atoms. The van der Waals surface area contributed by atoms with E-state index < -0.39 is 11.6 Å². The zero-order valence-electron chi connectivity index (χ0n) is 17.8. The van der Waals surface area contributed by atoms with Crippen LogP contribution in [0.25, 0.3) is 0 Å². The summed E-state index contributed by atoms with van der Waals surface area (Å²) in [6, 6.07) is 27.3. The lowest BCUT2D eigenvalue weighted by Gasteiger charge is -2.32. The van der Waals surface area contributed by atoms with Gasteiger partial charge in [-0.05, 0) is 42.3 Å². The normalized spacial score (nSPS) is 12.1. The topological polar surface area (TPSA) is 88.4 Å². The summed E-state index contributed by atoms with van der Waals surface area (Å²) in [7, 11) is 0. The molecule has 3 rings (SSSR count). The van der Waals surface area contributed by atoms with Crippen LogP contribution >= 0.6 is 0 Å². The fourth-order valence-electron chi connectivity index (χ4n) is 3.18. The number of amides is 1. The van der Waals surface area contributed by atoms with Crippen LogP contribution in [0.15, 0.2) is 84.9 Å². The van der Waals surface area contributed by atoms with Crippen LogP contribution in [0.1, 0.15) is 23.6 Å². The summed E-state index contributed by atoms with van der Waals surface area (Å²) in [5.74, 6) is 0.230. The Morgan fingerprint density at radius 3 is 2.06 bits per heavy atom. The van der Waals surface area contributed by atoms with Crippen LogP contribution in [0, 0.1) is 11.3 Å². The van der Waals surface area contributed by atoms with E-state index >= 15 is 0 Å². The van der Waals surface area contributed by atoms with Crippen molar-refractivity contribution in [3.05, 3.63) is 102 Å². The minimum Gasteiger partial charge on any atom is -0.491 e. The van der Waals surface area contributed by atoms with Gasteiger partial charge in [0.1, 0.15) is 24.5 Å². The second-order valence-electron chi connectivity index (χ2n) is 7.41. The number of benzene rings is 3. The fraction of sp³-hybridized carbons (Fsp3) is 0.192. The molecule has 0 fully saturated rings. The summed E-state index contributed by atoms with van der Waals surface area (Å²) in [4.78, 5) is 25.5. The molecule has 0 aliphatic carbocycles. The molecule has 0 heterocycles. The fourth-order valence-corrected chi connectivity index (χ4v) is 3.18. The highest BCUT2D eigenvalue weighted by Gasteiger charge is 2.39. The molecule has 32 heavy (non-hydrogen) atoms. The molecule has 0 spiro atoms. The third-order valence-corrected chi connectivity index (χ3v) is 5.05. The van der Waals surface area contributed by atoms with Crippen molar-refractivity contribution in [2.45, 2.75) is 25.5 Å². The second kappa shape index (κ2) is 10.8. The lowest BCUT2D eigenvalue weighted by atomic mass is 9.88. The standard InChI is InChI=1S/C26H24N2O4/c1-20(29)26(16-21-8-4-2-5-9-21,19-32-24-14-12-22(17-27)13-15-24)28-25(30)31-18-23-10-6-3-7-11-23/h2-15H,16,18-19H2,1H3,(H,28,30)/t26-/m0/s1. The van der Waals surface area contributed by atoms with Crippen LogP contribution in [0.4, 0.5) is 4.79 Å². The lowest BCUT2D eigenvalue weighted by Crippen LogP contribution is -2.59. The van der Waals surface area contributed by atoms with Crippen molar-refractivity contribution in [2.24, 2.45) is 0 Å². The predicted octanol–water partition coefficient (Wildman–Crippen LogP) is 4.43. The third kappa shape index (κ3) is 6.19. The summed E-state index contributed by atoms with van der Waals surface area (Å²) in [6.07, 6.45) is -0.469. The Kier molecular flexibility index (Phi) is 7.60. The highest BCUT2D eigenvalue weighted by Crippen LogP contribution is 2.20. The van der Waals surface area contributed by atoms with Crippen molar-refractivity contribution in [3.63, 3.8) is 0 Å². The quantitative estimate of drug-likeness (QED) is 0.545. The number of rotatable bonds is 9. The van der Waals surface area contributed by atoms with E-state index in [1.807, 2.05) is 66.7 Å². The number of carbonyl (C=O) groups excluding carboxylic acids is 2. The Morgan fingerprint density at radius 1 is 0.906 bits per heavy atom. The Balaban J connectivity index is 1.78. The maximum absolute atomic E-state index is 12.8. The van der Waals surface area contributed by atoms with E-state index in [1.165, 1.54) is 6.92 Å². The van der Waals surface area contributed by atoms with Gasteiger partial charge in [0.25, 0.3) is 0 Å². The van der Waals surface area contributed by atoms with Crippen molar-refractivity contribution < 1.29 is 19.1 Å². The number of hydrogen-bond donors (Lipinski definition) is 1. The van der Waals surface area contributed by atoms with Gasteiger partial charge in [0.2, 0.25) is 0 Å². The zero-order chi connectivity index (χ0) is 22.8. The maximum atomic E-state index is 12.8. The number of ketones is 1. The molecule has 1 atom stereocenters. The molecule has 0 saturated carbocycles. The van der Waals surface area contributed by atoms with E-state index in [9.17, 15) is 9.59 Å². The molecule has 6 nitrogen and oxygen atoms in total. The number of hydrogen-bond acceptors (Lipinski definition) is 5. The van der Waals surface area contributed by atoms with Gasteiger partial charge in [-0.2, -0.15) is 5.26 Å². The van der Waals surface area contributed by atoms with Crippen LogP contribution in [0.3, 0.4) is 0 Å². The molecule has 162 valence electrons. The molecule has 0 saturated heterocycles. The van der Waals surface area contributed by atoms with E-state index in [2.05, 4.69) is 5.32 Å². The van der Waals surface area contributed by atoms with Gasteiger partial charge < -0.3 is 14.8 Å². The molecule has 0 aliphatic heterocycles. The number of nitriles is 1. The first kappa shape index (κ1) is 22.6. The van der Waals surface area contributed by atoms with Gasteiger partial charge in [-0.15, -0.1) is 0 Å². The summed E-state index contributed by atoms with van der Waals surface area (Å²) in [5.41, 5.74) is 0.882. The highest BCUT2D eigenvalue weighted by molar-refractivity contribution is 5.90. The van der Waals surface area contributed by atoms with E-state index in [-0.39, 0.29) is 25.4 Å². The van der Waals surface area contributed by atoms with Gasteiger partial charge in [-0.3, -0.25) is 4.79 Å². The van der Waals surface area contributed by atoms with E-state index in [1.54, 1.807) is 24.3 Å². The number of ether oxygens (including phenoxy) is 2. The molecule has 0 aromatic heterocycles. The SMILES string of the molecule is CC(=O)[C@@](COc1ccc(C#N)cc1)(Cc1ccccc1)NC(=O)OCc1ccccc1. The average Bonchev–Trinajstić information content (AvgIpc) is 2.83. The van der Waals surface area contributed by atoms with Gasteiger partial charge in [-0.25, -0.2) is 4.79 Å². The molecule has 6 heteroatoms. The summed E-state index contributed by atoms with van der Waals surface area (Å²) in [6.45, 7) is 1.41. The molecule has 1 amide bonds. The van der Waals surface area contributed by atoms with Crippen LogP contribution in [-0.2, 0) is 22.6 Å². The van der Waals surface area contributed by atoms with Crippen molar-refractivity contribution >= 4 is 11.9 Å². The van der Waals surface area contributed by atoms with Gasteiger partial charge in [0, 0.05) is 6.42 Å². The molecule has 3 aromatic carbocycles. The summed E-state index contributed by atoms with van der Waals surface area (Å²) >= 11 is 0. The Bertz CT molecular complexity index is 1080. The number of alkyl carbamates (subject to hydrolysis) is 1. The number of Topliss-reactive ketones (excluding diaryl/α,β-unsaturated/α-hetero) is 1. The van der Waals surface area contributed by atoms with Crippen molar-refractivity contribution in [3.8, 4) is 11.8 Å². The minimum atomic E-state index is -1.33. The largest absolute Gasteiger partial charge is 0.491 e. The number of nitrogens with one attached hydrogen (secondary N) is 1. The second-order valence-corrected chi connectivity index (χ2v) is 7.41. The number of carbonyl (C=O) groups is 2. The molecule has 0 radical (unpaired) electrons. The van der Waals surface area contributed by atoms with Crippen molar-refractivity contribution in [1.82, 2.24) is 5.32 Å². The minimum absolute atomic E-state index is 0.0858. The van der Waals surface area contributed by atoms with E-state index in [4.69, 9.17) is 14.7 Å². The molecule has 3 aromatic rings. The predicted molar refractivity (Wildman–Crippen MR) is 120 cm³/mol. The molecular weight excluding hydrogens is 404 g/mol. The van der Waals surface area contributed by atoms with Gasteiger partial charge in [0.15, 0.2) is 5.78 Å². The molecule has 1 N–H and O–H groups in total. The Labute approximate surface area is 187 Å². The summed E-state index contributed by atoms with van der Waals surface area (Å²) < 4.78 is 11.2. The Hall–Kier alpha value is -4.11. The first-order chi connectivity index (χ1) is 15.5. The first-order valence-electron chi connectivity index (χ1n) is 10.2. The van der Waals surface area contributed by atoms with Crippen LogP contribution in [0.5, 0.6) is 5.75 Å². The van der Waals surface area contributed by atoms with Crippen LogP contribution in [0.2, 0.25) is 0 Å². The lowest BCUT2D eigenvalue weighted by molar-refractivity contribution is -0.124.